The summed E-state index contributed by atoms with van der Waals surface area (Å²) >= 11 is 9.76. The monoisotopic (exact) mass is 347 g/mol. The van der Waals surface area contributed by atoms with E-state index in [1.807, 2.05) is 18.2 Å². The van der Waals surface area contributed by atoms with Gasteiger partial charge in [0.2, 0.25) is 0 Å². The van der Waals surface area contributed by atoms with Crippen molar-refractivity contribution < 1.29 is 4.74 Å². The number of ether oxygens (including phenoxy) is 1. The molecule has 1 N–H and O–H groups in total. The zero-order chi connectivity index (χ0) is 14.3. The fraction of sp³-hybridized carbons (Fsp3) is 0.600. The highest BCUT2D eigenvalue weighted by molar-refractivity contribution is 9.10. The van der Waals surface area contributed by atoms with Crippen LogP contribution in [0.1, 0.15) is 38.3 Å². The summed E-state index contributed by atoms with van der Waals surface area (Å²) in [4.78, 5) is 0. The Bertz CT molecular complexity index is 386. The van der Waals surface area contributed by atoms with Gasteiger partial charge in [0, 0.05) is 29.3 Å². The van der Waals surface area contributed by atoms with Crippen LogP contribution >= 0.6 is 27.5 Å². The van der Waals surface area contributed by atoms with E-state index in [0.717, 1.165) is 35.5 Å². The van der Waals surface area contributed by atoms with E-state index in [4.69, 9.17) is 16.3 Å². The first kappa shape index (κ1) is 17.0. The second-order valence-electron chi connectivity index (χ2n) is 4.86. The van der Waals surface area contributed by atoms with Gasteiger partial charge in [0.15, 0.2) is 0 Å². The minimum Gasteiger partial charge on any atom is -0.385 e. The largest absolute Gasteiger partial charge is 0.385 e. The molecule has 0 radical (unpaired) electrons. The zero-order valence-corrected chi connectivity index (χ0v) is 14.2. The molecule has 2 unspecified atom stereocenters. The number of benzene rings is 1. The number of methoxy groups -OCH3 is 1. The Morgan fingerprint density at radius 3 is 2.79 bits per heavy atom. The van der Waals surface area contributed by atoms with Crippen LogP contribution in [0.3, 0.4) is 0 Å². The lowest BCUT2D eigenvalue weighted by molar-refractivity contribution is 0.170. The van der Waals surface area contributed by atoms with Crippen LogP contribution in [0.5, 0.6) is 0 Å². The number of hydrogen-bond acceptors (Lipinski definition) is 2. The molecule has 108 valence electrons. The number of hydrogen-bond donors (Lipinski definition) is 1. The molecule has 0 spiro atoms. The summed E-state index contributed by atoms with van der Waals surface area (Å²) in [7, 11) is 1.75. The van der Waals surface area contributed by atoms with E-state index < -0.39 is 0 Å². The van der Waals surface area contributed by atoms with Crippen molar-refractivity contribution in [1.29, 1.82) is 0 Å². The van der Waals surface area contributed by atoms with Gasteiger partial charge in [-0.2, -0.15) is 0 Å². The molecule has 1 rings (SSSR count). The highest BCUT2D eigenvalue weighted by atomic mass is 79.9. The molecule has 0 bridgehead atoms. The minimum absolute atomic E-state index is 0.295. The Kier molecular flexibility index (Phi) is 8.00. The maximum Gasteiger partial charge on any atom is 0.0465 e. The molecule has 0 aliphatic carbocycles. The van der Waals surface area contributed by atoms with Crippen LogP contribution in [0.2, 0.25) is 5.02 Å². The van der Waals surface area contributed by atoms with E-state index in [9.17, 15) is 0 Å². The maximum atomic E-state index is 6.13. The molecule has 1 aromatic rings. The van der Waals surface area contributed by atoms with E-state index in [1.54, 1.807) is 7.11 Å². The Balaban J connectivity index is 2.91. The van der Waals surface area contributed by atoms with Crippen LogP contribution in [0.15, 0.2) is 22.7 Å². The number of rotatable bonds is 8. The van der Waals surface area contributed by atoms with Crippen molar-refractivity contribution in [2.75, 3.05) is 20.3 Å². The molecule has 4 heteroatoms. The van der Waals surface area contributed by atoms with Gasteiger partial charge in [-0.25, -0.2) is 0 Å². The molecule has 2 nitrogen and oxygen atoms in total. The predicted molar refractivity (Wildman–Crippen MR) is 85.8 cm³/mol. The Labute approximate surface area is 130 Å². The third-order valence-electron chi connectivity index (χ3n) is 3.25. The SMILES string of the molecule is CCCNC(c1cc(Cl)ccc1Br)C(C)CCOC. The van der Waals surface area contributed by atoms with Gasteiger partial charge in [0.25, 0.3) is 0 Å². The predicted octanol–water partition coefficient (Wildman–Crippen LogP) is 4.82. The molecule has 0 fully saturated rings. The van der Waals surface area contributed by atoms with Crippen LogP contribution < -0.4 is 5.32 Å². The molecule has 0 aromatic heterocycles. The highest BCUT2D eigenvalue weighted by Crippen LogP contribution is 2.32. The van der Waals surface area contributed by atoms with Gasteiger partial charge >= 0.3 is 0 Å². The highest BCUT2D eigenvalue weighted by Gasteiger charge is 2.20. The van der Waals surface area contributed by atoms with Crippen LogP contribution in [-0.4, -0.2) is 20.3 Å². The van der Waals surface area contributed by atoms with Crippen LogP contribution in [0.25, 0.3) is 0 Å². The quantitative estimate of drug-likeness (QED) is 0.727. The molecule has 0 saturated heterocycles. The van der Waals surface area contributed by atoms with Crippen LogP contribution in [-0.2, 0) is 4.74 Å². The maximum absolute atomic E-state index is 6.13. The minimum atomic E-state index is 0.295. The van der Waals surface area contributed by atoms with Crippen LogP contribution in [0, 0.1) is 5.92 Å². The van der Waals surface area contributed by atoms with Gasteiger partial charge in [0.1, 0.15) is 0 Å². The molecule has 0 aliphatic heterocycles. The van der Waals surface area contributed by atoms with Gasteiger partial charge in [-0.1, -0.05) is 41.4 Å². The van der Waals surface area contributed by atoms with Crippen molar-refractivity contribution in [2.24, 2.45) is 5.92 Å². The summed E-state index contributed by atoms with van der Waals surface area (Å²) in [6, 6.07) is 6.26. The van der Waals surface area contributed by atoms with E-state index in [2.05, 4.69) is 35.1 Å². The Morgan fingerprint density at radius 1 is 1.42 bits per heavy atom. The molecule has 0 aliphatic rings. The lowest BCUT2D eigenvalue weighted by atomic mass is 9.92. The van der Waals surface area contributed by atoms with Crippen molar-refractivity contribution in [1.82, 2.24) is 5.32 Å². The second kappa shape index (κ2) is 8.96. The van der Waals surface area contributed by atoms with E-state index in [0.29, 0.717) is 12.0 Å². The summed E-state index contributed by atoms with van der Waals surface area (Å²) in [5.74, 6) is 0.487. The van der Waals surface area contributed by atoms with Crippen LogP contribution in [0.4, 0.5) is 0 Å². The normalized spacial score (nSPS) is 14.4. The van der Waals surface area contributed by atoms with E-state index >= 15 is 0 Å². The number of halogens is 2. The first-order valence-electron chi connectivity index (χ1n) is 6.77. The molecule has 19 heavy (non-hydrogen) atoms. The fourth-order valence-corrected chi connectivity index (χ4v) is 2.81. The van der Waals surface area contributed by atoms with E-state index in [1.165, 1.54) is 5.56 Å². The Morgan fingerprint density at radius 2 is 2.16 bits per heavy atom. The fourth-order valence-electron chi connectivity index (χ4n) is 2.14. The summed E-state index contributed by atoms with van der Waals surface area (Å²) in [5.41, 5.74) is 1.23. The third-order valence-corrected chi connectivity index (χ3v) is 4.21. The van der Waals surface area contributed by atoms with Gasteiger partial charge < -0.3 is 10.1 Å². The van der Waals surface area contributed by atoms with Gasteiger partial charge in [-0.15, -0.1) is 0 Å². The molecule has 2 atom stereocenters. The molecule has 0 saturated carbocycles. The average Bonchev–Trinajstić information content (AvgIpc) is 2.40. The van der Waals surface area contributed by atoms with Gasteiger partial charge in [-0.05, 0) is 49.1 Å². The third kappa shape index (κ3) is 5.42. The van der Waals surface area contributed by atoms with Crippen molar-refractivity contribution in [3.05, 3.63) is 33.3 Å². The van der Waals surface area contributed by atoms with Gasteiger partial charge in [0.05, 0.1) is 0 Å². The lowest BCUT2D eigenvalue weighted by Gasteiger charge is -2.26. The first-order valence-corrected chi connectivity index (χ1v) is 7.94. The Hall–Kier alpha value is -0.0900. The molecule has 1 aromatic carbocycles. The lowest BCUT2D eigenvalue weighted by Crippen LogP contribution is -2.28. The zero-order valence-electron chi connectivity index (χ0n) is 11.9. The molecular formula is C15H23BrClNO. The summed E-state index contributed by atoms with van der Waals surface area (Å²) in [6.07, 6.45) is 2.14. The van der Waals surface area contributed by atoms with Crippen molar-refractivity contribution >= 4 is 27.5 Å². The first-order chi connectivity index (χ1) is 9.10. The topological polar surface area (TPSA) is 21.3 Å². The van der Waals surface area contributed by atoms with E-state index in [-0.39, 0.29) is 0 Å². The molecular weight excluding hydrogens is 326 g/mol. The summed E-state index contributed by atoms with van der Waals surface area (Å²) in [5, 5.41) is 4.40. The van der Waals surface area contributed by atoms with Crippen molar-refractivity contribution in [3.8, 4) is 0 Å². The summed E-state index contributed by atoms with van der Waals surface area (Å²) < 4.78 is 6.30. The smallest absolute Gasteiger partial charge is 0.0465 e. The average molecular weight is 349 g/mol. The second-order valence-corrected chi connectivity index (χ2v) is 6.15. The van der Waals surface area contributed by atoms with Gasteiger partial charge in [-0.3, -0.25) is 0 Å². The molecule has 0 amide bonds. The van der Waals surface area contributed by atoms with Crippen molar-refractivity contribution in [3.63, 3.8) is 0 Å². The molecule has 0 heterocycles. The number of nitrogens with one attached hydrogen (secondary N) is 1. The summed E-state index contributed by atoms with van der Waals surface area (Å²) in [6.45, 7) is 6.21. The van der Waals surface area contributed by atoms with Crippen molar-refractivity contribution in [2.45, 2.75) is 32.7 Å². The standard InChI is InChI=1S/C15H23BrClNO/c1-4-8-18-15(11(2)7-9-19-3)13-10-12(17)5-6-14(13)16/h5-6,10-11,15,18H,4,7-9H2,1-3H3.